The van der Waals surface area contributed by atoms with Gasteiger partial charge in [0.2, 0.25) is 0 Å². The van der Waals surface area contributed by atoms with E-state index in [1.165, 1.54) is 0 Å². The van der Waals surface area contributed by atoms with Crippen LogP contribution in [0, 0.1) is 6.92 Å². The molecule has 1 aliphatic rings. The fourth-order valence-corrected chi connectivity index (χ4v) is 4.08. The molecule has 0 spiro atoms. The summed E-state index contributed by atoms with van der Waals surface area (Å²) in [5.41, 5.74) is 2.83. The summed E-state index contributed by atoms with van der Waals surface area (Å²) in [4.78, 5) is 19.1. The molecule has 0 unspecified atom stereocenters. The van der Waals surface area contributed by atoms with Gasteiger partial charge in [-0.1, -0.05) is 12.1 Å². The summed E-state index contributed by atoms with van der Waals surface area (Å²) in [5, 5.41) is 3.04. The van der Waals surface area contributed by atoms with E-state index in [1.807, 2.05) is 48.5 Å². The van der Waals surface area contributed by atoms with Crippen LogP contribution in [0.1, 0.15) is 41.7 Å². The number of amides is 1. The van der Waals surface area contributed by atoms with Crippen LogP contribution in [0.15, 0.2) is 29.6 Å². The Balaban J connectivity index is 1.66. The maximum absolute atomic E-state index is 12.7. The SMILES string of the molecule is COC1CCC(N(C)C(=O)c2ccc(-c3nc(C)cs3)cc2)CC1. The van der Waals surface area contributed by atoms with Crippen molar-refractivity contribution in [1.29, 1.82) is 0 Å². The first kappa shape index (κ1) is 17.1. The maximum atomic E-state index is 12.7. The van der Waals surface area contributed by atoms with Crippen LogP contribution >= 0.6 is 11.3 Å². The second-order valence-electron chi connectivity index (χ2n) is 6.45. The molecule has 1 amide bonds. The predicted molar refractivity (Wildman–Crippen MR) is 97.4 cm³/mol. The second kappa shape index (κ2) is 7.45. The van der Waals surface area contributed by atoms with Gasteiger partial charge in [0.25, 0.3) is 5.91 Å². The monoisotopic (exact) mass is 344 g/mol. The third-order valence-corrected chi connectivity index (χ3v) is 5.85. The van der Waals surface area contributed by atoms with Crippen molar-refractivity contribution in [3.05, 3.63) is 40.9 Å². The van der Waals surface area contributed by atoms with Crippen molar-refractivity contribution in [3.63, 3.8) is 0 Å². The molecular weight excluding hydrogens is 320 g/mol. The highest BCUT2D eigenvalue weighted by molar-refractivity contribution is 7.13. The fraction of sp³-hybridized carbons (Fsp3) is 0.474. The Morgan fingerprint density at radius 2 is 1.88 bits per heavy atom. The van der Waals surface area contributed by atoms with E-state index in [9.17, 15) is 4.79 Å². The normalized spacial score (nSPS) is 20.8. The Bertz CT molecular complexity index is 688. The summed E-state index contributed by atoms with van der Waals surface area (Å²) in [7, 11) is 3.68. The molecule has 3 rings (SSSR count). The van der Waals surface area contributed by atoms with E-state index >= 15 is 0 Å². The molecule has 0 radical (unpaired) electrons. The second-order valence-corrected chi connectivity index (χ2v) is 7.31. The molecule has 0 aliphatic heterocycles. The lowest BCUT2D eigenvalue weighted by Gasteiger charge is -2.34. The molecule has 0 saturated heterocycles. The molecule has 24 heavy (non-hydrogen) atoms. The summed E-state index contributed by atoms with van der Waals surface area (Å²) in [6, 6.07) is 8.10. The number of nitrogens with zero attached hydrogens (tertiary/aromatic N) is 2. The van der Waals surface area contributed by atoms with Crippen molar-refractivity contribution in [2.45, 2.75) is 44.8 Å². The van der Waals surface area contributed by atoms with Crippen LogP contribution in [0.3, 0.4) is 0 Å². The fourth-order valence-electron chi connectivity index (χ4n) is 3.28. The summed E-state index contributed by atoms with van der Waals surface area (Å²) >= 11 is 1.63. The van der Waals surface area contributed by atoms with Gasteiger partial charge in [-0.05, 0) is 44.7 Å². The lowest BCUT2D eigenvalue weighted by molar-refractivity contribution is 0.0386. The smallest absolute Gasteiger partial charge is 0.253 e. The van der Waals surface area contributed by atoms with E-state index in [1.54, 1.807) is 18.4 Å². The molecular formula is C19H24N2O2S. The topological polar surface area (TPSA) is 42.4 Å². The number of thiazole rings is 1. The average molecular weight is 344 g/mol. The van der Waals surface area contributed by atoms with Crippen LogP contribution in [0.5, 0.6) is 0 Å². The molecule has 0 N–H and O–H groups in total. The Kier molecular flexibility index (Phi) is 5.31. The standard InChI is InChI=1S/C19H24N2O2S/c1-13-12-24-18(20-13)14-4-6-15(7-5-14)19(22)21(2)16-8-10-17(23-3)11-9-16/h4-7,12,16-17H,8-11H2,1-3H3. The molecule has 1 saturated carbocycles. The van der Waals surface area contributed by atoms with Gasteiger partial charge in [0.15, 0.2) is 0 Å². The number of ether oxygens (including phenoxy) is 1. The zero-order chi connectivity index (χ0) is 17.1. The van der Waals surface area contributed by atoms with Crippen molar-refractivity contribution < 1.29 is 9.53 Å². The number of benzene rings is 1. The largest absolute Gasteiger partial charge is 0.381 e. The van der Waals surface area contributed by atoms with E-state index in [4.69, 9.17) is 4.74 Å². The van der Waals surface area contributed by atoms with Gasteiger partial charge in [-0.3, -0.25) is 4.79 Å². The third-order valence-electron chi connectivity index (χ3n) is 4.84. The molecule has 128 valence electrons. The van der Waals surface area contributed by atoms with E-state index in [0.29, 0.717) is 12.1 Å². The quantitative estimate of drug-likeness (QED) is 0.837. The first-order chi connectivity index (χ1) is 11.6. The summed E-state index contributed by atoms with van der Waals surface area (Å²) < 4.78 is 5.41. The zero-order valence-corrected chi connectivity index (χ0v) is 15.3. The maximum Gasteiger partial charge on any atom is 0.253 e. The minimum absolute atomic E-state index is 0.0951. The lowest BCUT2D eigenvalue weighted by atomic mass is 9.91. The number of rotatable bonds is 4. The van der Waals surface area contributed by atoms with Crippen LogP contribution in [0.2, 0.25) is 0 Å². The van der Waals surface area contributed by atoms with E-state index in [0.717, 1.165) is 47.5 Å². The van der Waals surface area contributed by atoms with Crippen molar-refractivity contribution in [3.8, 4) is 10.6 Å². The van der Waals surface area contributed by atoms with E-state index in [-0.39, 0.29) is 5.91 Å². The highest BCUT2D eigenvalue weighted by Gasteiger charge is 2.26. The number of hydrogen-bond acceptors (Lipinski definition) is 4. The Morgan fingerprint density at radius 3 is 2.42 bits per heavy atom. The first-order valence-corrected chi connectivity index (χ1v) is 9.29. The van der Waals surface area contributed by atoms with Crippen LogP contribution < -0.4 is 0 Å². The van der Waals surface area contributed by atoms with E-state index < -0.39 is 0 Å². The molecule has 1 fully saturated rings. The highest BCUT2D eigenvalue weighted by Crippen LogP contribution is 2.26. The Labute approximate surface area is 147 Å². The molecule has 0 bridgehead atoms. The number of aryl methyl sites for hydroxylation is 1. The molecule has 1 aliphatic carbocycles. The number of aromatic nitrogens is 1. The third kappa shape index (κ3) is 3.68. The Hall–Kier alpha value is -1.72. The van der Waals surface area contributed by atoms with Gasteiger partial charge in [-0.15, -0.1) is 11.3 Å². The lowest BCUT2D eigenvalue weighted by Crippen LogP contribution is -2.40. The highest BCUT2D eigenvalue weighted by atomic mass is 32.1. The number of carbonyl (C=O) groups excluding carboxylic acids is 1. The summed E-state index contributed by atoms with van der Waals surface area (Å²) in [6.07, 6.45) is 4.43. The van der Waals surface area contributed by atoms with Crippen LogP contribution in [0.25, 0.3) is 10.6 Å². The van der Waals surface area contributed by atoms with Gasteiger partial charge in [0.1, 0.15) is 5.01 Å². The molecule has 5 heteroatoms. The molecule has 1 aromatic carbocycles. The molecule has 1 aromatic heterocycles. The summed E-state index contributed by atoms with van der Waals surface area (Å²) in [6.45, 7) is 1.99. The van der Waals surface area contributed by atoms with Gasteiger partial charge in [0, 0.05) is 42.4 Å². The number of hydrogen-bond donors (Lipinski definition) is 0. The number of carbonyl (C=O) groups is 1. The first-order valence-electron chi connectivity index (χ1n) is 8.41. The average Bonchev–Trinajstić information content (AvgIpc) is 3.07. The molecule has 0 atom stereocenters. The van der Waals surface area contributed by atoms with Gasteiger partial charge < -0.3 is 9.64 Å². The Morgan fingerprint density at radius 1 is 1.21 bits per heavy atom. The van der Waals surface area contributed by atoms with Gasteiger partial charge in [0.05, 0.1) is 6.10 Å². The van der Waals surface area contributed by atoms with Crippen LogP contribution in [0.4, 0.5) is 0 Å². The van der Waals surface area contributed by atoms with Crippen LogP contribution in [-0.2, 0) is 4.74 Å². The molecule has 4 nitrogen and oxygen atoms in total. The van der Waals surface area contributed by atoms with Crippen molar-refractivity contribution >= 4 is 17.2 Å². The molecule has 2 aromatic rings. The number of methoxy groups -OCH3 is 1. The van der Waals surface area contributed by atoms with Gasteiger partial charge >= 0.3 is 0 Å². The van der Waals surface area contributed by atoms with Crippen LogP contribution in [-0.4, -0.2) is 42.1 Å². The minimum Gasteiger partial charge on any atom is -0.381 e. The van der Waals surface area contributed by atoms with Crippen molar-refractivity contribution in [1.82, 2.24) is 9.88 Å². The predicted octanol–water partition coefficient (Wildman–Crippen LogP) is 4.15. The van der Waals surface area contributed by atoms with E-state index in [2.05, 4.69) is 4.98 Å². The van der Waals surface area contributed by atoms with Gasteiger partial charge in [-0.25, -0.2) is 4.98 Å². The van der Waals surface area contributed by atoms with Crippen molar-refractivity contribution in [2.75, 3.05) is 14.2 Å². The minimum atomic E-state index is 0.0951. The molecule has 1 heterocycles. The van der Waals surface area contributed by atoms with Gasteiger partial charge in [-0.2, -0.15) is 0 Å². The van der Waals surface area contributed by atoms with Crippen molar-refractivity contribution in [2.24, 2.45) is 0 Å². The summed E-state index contributed by atoms with van der Waals surface area (Å²) in [5.74, 6) is 0.0951. The zero-order valence-electron chi connectivity index (χ0n) is 14.5.